The molecule has 1 aliphatic rings. The summed E-state index contributed by atoms with van der Waals surface area (Å²) in [4.78, 5) is 33.2. The zero-order valence-electron chi connectivity index (χ0n) is 11.6. The molecule has 1 heterocycles. The summed E-state index contributed by atoms with van der Waals surface area (Å²) in [7, 11) is 0. The summed E-state index contributed by atoms with van der Waals surface area (Å²) < 4.78 is 0. The van der Waals surface area contributed by atoms with E-state index in [-0.39, 0.29) is 24.7 Å². The molecular formula is C13H21N3O4. The molecule has 0 bridgehead atoms. The van der Waals surface area contributed by atoms with Crippen molar-refractivity contribution in [2.75, 3.05) is 6.54 Å². The fourth-order valence-corrected chi connectivity index (χ4v) is 2.01. The number of aliphatic carboxylic acids is 1. The number of rotatable bonds is 8. The monoisotopic (exact) mass is 283 g/mol. The molecule has 3 N–H and O–H groups in total. The van der Waals surface area contributed by atoms with E-state index in [4.69, 9.17) is 5.11 Å². The number of nitrogens with one attached hydrogen (secondary N) is 2. The van der Waals surface area contributed by atoms with Crippen molar-refractivity contribution >= 4 is 23.5 Å². The van der Waals surface area contributed by atoms with E-state index in [0.717, 1.165) is 12.8 Å². The van der Waals surface area contributed by atoms with Crippen LogP contribution in [-0.4, -0.2) is 35.1 Å². The normalized spacial score (nSPS) is 16.1. The van der Waals surface area contributed by atoms with Gasteiger partial charge >= 0.3 is 5.97 Å². The highest BCUT2D eigenvalue weighted by atomic mass is 16.4. The first kappa shape index (κ1) is 16.1. The van der Waals surface area contributed by atoms with Gasteiger partial charge in [0.25, 0.3) is 5.91 Å². The molecular weight excluding hydrogens is 262 g/mol. The Hall–Kier alpha value is -1.92. The Morgan fingerprint density at radius 2 is 2.15 bits per heavy atom. The molecule has 2 amide bonds. The van der Waals surface area contributed by atoms with Crippen molar-refractivity contribution < 1.29 is 19.5 Å². The van der Waals surface area contributed by atoms with Gasteiger partial charge in [0.05, 0.1) is 0 Å². The average molecular weight is 283 g/mol. The number of hydrazone groups is 1. The number of nitrogens with zero attached hydrogens (tertiary/aromatic N) is 1. The smallest absolute Gasteiger partial charge is 0.303 e. The van der Waals surface area contributed by atoms with Crippen LogP contribution >= 0.6 is 0 Å². The zero-order chi connectivity index (χ0) is 15.0. The predicted molar refractivity (Wildman–Crippen MR) is 73.1 cm³/mol. The molecule has 0 saturated carbocycles. The fourth-order valence-electron chi connectivity index (χ4n) is 2.01. The molecule has 0 aliphatic carbocycles. The number of amides is 2. The average Bonchev–Trinajstić information content (AvgIpc) is 2.42. The van der Waals surface area contributed by atoms with Crippen LogP contribution in [0.5, 0.6) is 0 Å². The summed E-state index contributed by atoms with van der Waals surface area (Å²) in [5.74, 6) is -0.946. The highest BCUT2D eigenvalue weighted by Crippen LogP contribution is 2.14. The second-order valence-electron chi connectivity index (χ2n) is 4.84. The molecule has 1 rings (SSSR count). The second kappa shape index (κ2) is 8.29. The summed E-state index contributed by atoms with van der Waals surface area (Å²) in [6, 6.07) is 0. The fraction of sp³-hybridized carbons (Fsp3) is 0.692. The third-order valence-corrected chi connectivity index (χ3v) is 3.35. The lowest BCUT2D eigenvalue weighted by molar-refractivity contribution is -0.137. The van der Waals surface area contributed by atoms with Gasteiger partial charge in [-0.25, -0.2) is 5.43 Å². The number of carboxylic acid groups (broad SMARTS) is 1. The Morgan fingerprint density at radius 3 is 2.70 bits per heavy atom. The van der Waals surface area contributed by atoms with E-state index in [2.05, 4.69) is 15.8 Å². The van der Waals surface area contributed by atoms with Crippen molar-refractivity contribution in [1.29, 1.82) is 0 Å². The van der Waals surface area contributed by atoms with E-state index >= 15 is 0 Å². The van der Waals surface area contributed by atoms with Crippen LogP contribution in [0.25, 0.3) is 0 Å². The molecule has 20 heavy (non-hydrogen) atoms. The third kappa shape index (κ3) is 5.81. The largest absolute Gasteiger partial charge is 0.481 e. The minimum Gasteiger partial charge on any atom is -0.481 e. The molecule has 1 aliphatic heterocycles. The Morgan fingerprint density at radius 1 is 1.40 bits per heavy atom. The second-order valence-corrected chi connectivity index (χ2v) is 4.84. The third-order valence-electron chi connectivity index (χ3n) is 3.35. The van der Waals surface area contributed by atoms with Crippen LogP contribution in [0.2, 0.25) is 0 Å². The molecule has 7 nitrogen and oxygen atoms in total. The Bertz CT molecular complexity index is 406. The van der Waals surface area contributed by atoms with Gasteiger partial charge < -0.3 is 10.4 Å². The maximum absolute atomic E-state index is 11.8. The first-order valence-corrected chi connectivity index (χ1v) is 6.88. The van der Waals surface area contributed by atoms with E-state index in [1.54, 1.807) is 0 Å². The SMILES string of the molecule is CCC(CCNC(=O)C1=NNC(=O)CC1)CCC(=O)O. The van der Waals surface area contributed by atoms with E-state index in [0.29, 0.717) is 31.0 Å². The van der Waals surface area contributed by atoms with Crippen LogP contribution in [0.4, 0.5) is 0 Å². The molecule has 0 radical (unpaired) electrons. The lowest BCUT2D eigenvalue weighted by Crippen LogP contribution is -2.37. The van der Waals surface area contributed by atoms with Gasteiger partial charge in [-0.2, -0.15) is 5.10 Å². The lowest BCUT2D eigenvalue weighted by atomic mass is 9.96. The number of carbonyl (C=O) groups excluding carboxylic acids is 2. The molecule has 1 atom stereocenters. The molecule has 7 heteroatoms. The van der Waals surface area contributed by atoms with Gasteiger partial charge in [0.15, 0.2) is 0 Å². The number of hydrogen-bond acceptors (Lipinski definition) is 4. The number of hydrogen-bond donors (Lipinski definition) is 3. The quantitative estimate of drug-likeness (QED) is 0.607. The molecule has 0 fully saturated rings. The summed E-state index contributed by atoms with van der Waals surface area (Å²) in [6.45, 7) is 2.50. The van der Waals surface area contributed by atoms with Gasteiger partial charge in [-0.05, 0) is 18.8 Å². The van der Waals surface area contributed by atoms with Gasteiger partial charge in [0.1, 0.15) is 5.71 Å². The van der Waals surface area contributed by atoms with Gasteiger partial charge in [0, 0.05) is 25.8 Å². The van der Waals surface area contributed by atoms with E-state index in [1.807, 2.05) is 6.92 Å². The maximum atomic E-state index is 11.8. The summed E-state index contributed by atoms with van der Waals surface area (Å²) in [5, 5.41) is 15.1. The molecule has 0 aromatic rings. The molecule has 0 aromatic heterocycles. The van der Waals surface area contributed by atoms with Crippen molar-refractivity contribution in [2.24, 2.45) is 11.0 Å². The highest BCUT2D eigenvalue weighted by molar-refractivity contribution is 6.39. The Labute approximate surface area is 117 Å². The molecule has 0 saturated heterocycles. The van der Waals surface area contributed by atoms with Gasteiger partial charge in [0.2, 0.25) is 5.91 Å². The first-order chi connectivity index (χ1) is 9.52. The van der Waals surface area contributed by atoms with Crippen LogP contribution in [0.1, 0.15) is 45.4 Å². The van der Waals surface area contributed by atoms with Crippen LogP contribution in [0.15, 0.2) is 5.10 Å². The van der Waals surface area contributed by atoms with Crippen LogP contribution in [0, 0.1) is 5.92 Å². The summed E-state index contributed by atoms with van der Waals surface area (Å²) >= 11 is 0. The minimum absolute atomic E-state index is 0.158. The zero-order valence-corrected chi connectivity index (χ0v) is 11.6. The Balaban J connectivity index is 2.26. The molecule has 112 valence electrons. The van der Waals surface area contributed by atoms with Gasteiger partial charge in [-0.1, -0.05) is 13.3 Å². The topological polar surface area (TPSA) is 108 Å². The van der Waals surface area contributed by atoms with Crippen LogP contribution < -0.4 is 10.7 Å². The molecule has 0 spiro atoms. The van der Waals surface area contributed by atoms with E-state index in [1.165, 1.54) is 0 Å². The van der Waals surface area contributed by atoms with Crippen molar-refractivity contribution in [3.8, 4) is 0 Å². The molecule has 1 unspecified atom stereocenters. The first-order valence-electron chi connectivity index (χ1n) is 6.88. The summed E-state index contributed by atoms with van der Waals surface area (Å²) in [5.41, 5.74) is 2.62. The number of carbonyl (C=O) groups is 3. The van der Waals surface area contributed by atoms with Crippen LogP contribution in [0.3, 0.4) is 0 Å². The standard InChI is InChI=1S/C13H21N3O4/c1-2-9(3-6-12(18)19)7-8-14-13(20)10-4-5-11(17)16-15-10/h9H,2-8H2,1H3,(H,14,20)(H,16,17)(H,18,19). The van der Waals surface area contributed by atoms with E-state index in [9.17, 15) is 14.4 Å². The minimum atomic E-state index is -0.792. The van der Waals surface area contributed by atoms with Gasteiger partial charge in [-0.15, -0.1) is 0 Å². The summed E-state index contributed by atoms with van der Waals surface area (Å²) in [6.07, 6.45) is 3.05. The maximum Gasteiger partial charge on any atom is 0.303 e. The number of carboxylic acids is 1. The van der Waals surface area contributed by atoms with Crippen molar-refractivity contribution in [3.05, 3.63) is 0 Å². The van der Waals surface area contributed by atoms with E-state index < -0.39 is 5.97 Å². The highest BCUT2D eigenvalue weighted by Gasteiger charge is 2.18. The Kier molecular flexibility index (Phi) is 6.69. The van der Waals surface area contributed by atoms with Crippen molar-refractivity contribution in [3.63, 3.8) is 0 Å². The van der Waals surface area contributed by atoms with Gasteiger partial charge in [-0.3, -0.25) is 14.4 Å². The van der Waals surface area contributed by atoms with Crippen LogP contribution in [-0.2, 0) is 14.4 Å². The molecule has 0 aromatic carbocycles. The van der Waals surface area contributed by atoms with Crippen molar-refractivity contribution in [1.82, 2.24) is 10.7 Å². The lowest BCUT2D eigenvalue weighted by Gasteiger charge is -2.15. The van der Waals surface area contributed by atoms with Crippen molar-refractivity contribution in [2.45, 2.75) is 45.4 Å². The predicted octanol–water partition coefficient (Wildman–Crippen LogP) is 0.650.